The van der Waals surface area contributed by atoms with Crippen LogP contribution in [0.2, 0.25) is 0 Å². The van der Waals surface area contributed by atoms with Gasteiger partial charge in [-0.05, 0) is 18.4 Å². The van der Waals surface area contributed by atoms with Crippen molar-refractivity contribution < 1.29 is 5.11 Å². The Kier molecular flexibility index (Phi) is 3.89. The summed E-state index contributed by atoms with van der Waals surface area (Å²) in [6, 6.07) is 8.21. The molecule has 0 aliphatic rings. The molecule has 3 N–H and O–H groups in total. The average Bonchev–Trinajstić information content (AvgIpc) is 2.17. The van der Waals surface area contributed by atoms with Crippen molar-refractivity contribution in [2.75, 3.05) is 6.54 Å². The van der Waals surface area contributed by atoms with E-state index in [1.54, 1.807) is 0 Å². The molecule has 0 aromatic heterocycles. The van der Waals surface area contributed by atoms with Gasteiger partial charge in [0.15, 0.2) is 0 Å². The van der Waals surface area contributed by atoms with Crippen LogP contribution in [-0.2, 0) is 6.42 Å². The Morgan fingerprint density at radius 1 is 1.40 bits per heavy atom. The molecule has 1 atom stereocenters. The van der Waals surface area contributed by atoms with Gasteiger partial charge in [0.2, 0.25) is 0 Å². The maximum absolute atomic E-state index is 10.3. The first-order valence-electron chi connectivity index (χ1n) is 5.46. The van der Waals surface area contributed by atoms with Gasteiger partial charge in [0.05, 0.1) is 5.60 Å². The number of nitrogens with two attached hydrogens (primary N) is 1. The van der Waals surface area contributed by atoms with Crippen LogP contribution in [0.5, 0.6) is 0 Å². The number of hydrogen-bond acceptors (Lipinski definition) is 2. The predicted molar refractivity (Wildman–Crippen MR) is 63.7 cm³/mol. The third kappa shape index (κ3) is 3.05. The van der Waals surface area contributed by atoms with Crippen LogP contribution in [-0.4, -0.2) is 17.3 Å². The Balaban J connectivity index is 2.84. The highest BCUT2D eigenvalue weighted by Crippen LogP contribution is 2.21. The number of aliphatic hydroxyl groups is 1. The smallest absolute Gasteiger partial charge is 0.0832 e. The molecule has 1 aromatic rings. The molecule has 1 unspecified atom stereocenters. The zero-order chi connectivity index (χ0) is 11.5. The van der Waals surface area contributed by atoms with Gasteiger partial charge >= 0.3 is 0 Å². The fourth-order valence-electron chi connectivity index (χ4n) is 1.69. The lowest BCUT2D eigenvalue weighted by atomic mass is 9.84. The molecule has 0 spiro atoms. The zero-order valence-corrected chi connectivity index (χ0v) is 9.83. The fourth-order valence-corrected chi connectivity index (χ4v) is 1.69. The van der Waals surface area contributed by atoms with E-state index in [1.807, 2.05) is 26.0 Å². The fraction of sp³-hybridized carbons (Fsp3) is 0.538. The van der Waals surface area contributed by atoms with Crippen LogP contribution in [0, 0.1) is 12.8 Å². The van der Waals surface area contributed by atoms with Crippen molar-refractivity contribution in [3.8, 4) is 0 Å². The molecule has 1 aromatic carbocycles. The predicted octanol–water partition coefficient (Wildman–Crippen LogP) is 1.88. The second-order valence-electron chi connectivity index (χ2n) is 4.63. The zero-order valence-electron chi connectivity index (χ0n) is 9.83. The maximum Gasteiger partial charge on any atom is 0.0832 e. The Morgan fingerprint density at radius 2 is 2.07 bits per heavy atom. The van der Waals surface area contributed by atoms with Gasteiger partial charge in [0, 0.05) is 13.0 Å². The van der Waals surface area contributed by atoms with Gasteiger partial charge in [0.1, 0.15) is 0 Å². The highest BCUT2D eigenvalue weighted by molar-refractivity contribution is 5.23. The van der Waals surface area contributed by atoms with Crippen LogP contribution in [0.3, 0.4) is 0 Å². The van der Waals surface area contributed by atoms with Crippen LogP contribution in [0.15, 0.2) is 24.3 Å². The van der Waals surface area contributed by atoms with Gasteiger partial charge in [0.25, 0.3) is 0 Å². The van der Waals surface area contributed by atoms with E-state index in [-0.39, 0.29) is 5.92 Å². The van der Waals surface area contributed by atoms with E-state index in [4.69, 9.17) is 5.73 Å². The Hall–Kier alpha value is -0.860. The first-order valence-corrected chi connectivity index (χ1v) is 5.46. The van der Waals surface area contributed by atoms with Gasteiger partial charge < -0.3 is 10.8 Å². The minimum Gasteiger partial charge on any atom is -0.388 e. The minimum absolute atomic E-state index is 0.169. The SMILES string of the molecule is Cc1cccc(CC(O)(CN)C(C)C)c1. The lowest BCUT2D eigenvalue weighted by Gasteiger charge is -2.31. The molecule has 0 bridgehead atoms. The summed E-state index contributed by atoms with van der Waals surface area (Å²) in [7, 11) is 0. The second-order valence-corrected chi connectivity index (χ2v) is 4.63. The van der Waals surface area contributed by atoms with E-state index in [0.29, 0.717) is 13.0 Å². The van der Waals surface area contributed by atoms with Crippen molar-refractivity contribution >= 4 is 0 Å². The molecule has 0 radical (unpaired) electrons. The third-order valence-corrected chi connectivity index (χ3v) is 3.02. The van der Waals surface area contributed by atoms with Crippen LogP contribution in [0.4, 0.5) is 0 Å². The monoisotopic (exact) mass is 207 g/mol. The molecular weight excluding hydrogens is 186 g/mol. The molecule has 2 nitrogen and oxygen atoms in total. The van der Waals surface area contributed by atoms with Crippen molar-refractivity contribution in [2.24, 2.45) is 11.7 Å². The number of aryl methyl sites for hydroxylation is 1. The van der Waals surface area contributed by atoms with Crippen molar-refractivity contribution in [3.05, 3.63) is 35.4 Å². The molecule has 15 heavy (non-hydrogen) atoms. The highest BCUT2D eigenvalue weighted by atomic mass is 16.3. The summed E-state index contributed by atoms with van der Waals surface area (Å²) in [5, 5.41) is 10.3. The summed E-state index contributed by atoms with van der Waals surface area (Å²) in [4.78, 5) is 0. The van der Waals surface area contributed by atoms with Crippen LogP contribution >= 0.6 is 0 Å². The standard InChI is InChI=1S/C13H21NO/c1-10(2)13(15,9-14)8-12-6-4-5-11(3)7-12/h4-7,10,15H,8-9,14H2,1-3H3. The molecule has 0 aliphatic carbocycles. The Bertz CT molecular complexity index is 322. The maximum atomic E-state index is 10.3. The summed E-state index contributed by atoms with van der Waals surface area (Å²) < 4.78 is 0. The highest BCUT2D eigenvalue weighted by Gasteiger charge is 2.29. The largest absolute Gasteiger partial charge is 0.388 e. The minimum atomic E-state index is -0.784. The van der Waals surface area contributed by atoms with Gasteiger partial charge in [-0.25, -0.2) is 0 Å². The molecule has 84 valence electrons. The van der Waals surface area contributed by atoms with E-state index >= 15 is 0 Å². The second kappa shape index (κ2) is 4.77. The van der Waals surface area contributed by atoms with Gasteiger partial charge in [-0.1, -0.05) is 43.7 Å². The van der Waals surface area contributed by atoms with Crippen molar-refractivity contribution in [2.45, 2.75) is 32.8 Å². The molecule has 0 fully saturated rings. The Labute approximate surface area is 92.1 Å². The summed E-state index contributed by atoms with van der Waals surface area (Å²) in [5.41, 5.74) is 7.23. The normalized spacial score (nSPS) is 15.3. The summed E-state index contributed by atoms with van der Waals surface area (Å²) in [6.45, 7) is 6.37. The van der Waals surface area contributed by atoms with E-state index in [9.17, 15) is 5.11 Å². The topological polar surface area (TPSA) is 46.2 Å². The lowest BCUT2D eigenvalue weighted by Crippen LogP contribution is -2.44. The first-order chi connectivity index (χ1) is 6.98. The Morgan fingerprint density at radius 3 is 2.53 bits per heavy atom. The average molecular weight is 207 g/mol. The van der Waals surface area contributed by atoms with Gasteiger partial charge in [-0.2, -0.15) is 0 Å². The number of hydrogen-bond donors (Lipinski definition) is 2. The molecule has 1 rings (SSSR count). The summed E-state index contributed by atoms with van der Waals surface area (Å²) >= 11 is 0. The summed E-state index contributed by atoms with van der Waals surface area (Å²) in [5.74, 6) is 0.169. The lowest BCUT2D eigenvalue weighted by molar-refractivity contribution is 0.00407. The van der Waals surface area contributed by atoms with E-state index in [2.05, 4.69) is 19.1 Å². The van der Waals surface area contributed by atoms with Crippen molar-refractivity contribution in [3.63, 3.8) is 0 Å². The first kappa shape index (κ1) is 12.2. The molecule has 0 saturated carbocycles. The van der Waals surface area contributed by atoms with Crippen LogP contribution in [0.1, 0.15) is 25.0 Å². The van der Waals surface area contributed by atoms with Crippen molar-refractivity contribution in [1.82, 2.24) is 0 Å². The van der Waals surface area contributed by atoms with Crippen LogP contribution < -0.4 is 5.73 Å². The van der Waals surface area contributed by atoms with Gasteiger partial charge in [-0.15, -0.1) is 0 Å². The molecular formula is C13H21NO. The van der Waals surface area contributed by atoms with Crippen molar-refractivity contribution in [1.29, 1.82) is 0 Å². The van der Waals surface area contributed by atoms with E-state index in [0.717, 1.165) is 5.56 Å². The van der Waals surface area contributed by atoms with E-state index in [1.165, 1.54) is 5.56 Å². The van der Waals surface area contributed by atoms with Crippen LogP contribution in [0.25, 0.3) is 0 Å². The summed E-state index contributed by atoms with van der Waals surface area (Å²) in [6.07, 6.45) is 0.628. The van der Waals surface area contributed by atoms with E-state index < -0.39 is 5.60 Å². The quantitative estimate of drug-likeness (QED) is 0.792. The van der Waals surface area contributed by atoms with Gasteiger partial charge in [-0.3, -0.25) is 0 Å². The molecule has 2 heteroatoms. The molecule has 0 aliphatic heterocycles. The molecule has 0 heterocycles. The third-order valence-electron chi connectivity index (χ3n) is 3.02. The number of rotatable bonds is 4. The molecule has 0 saturated heterocycles. The number of benzene rings is 1. The molecule has 0 amide bonds.